The Bertz CT molecular complexity index is 804. The fourth-order valence-corrected chi connectivity index (χ4v) is 5.69. The second kappa shape index (κ2) is 8.41. The SMILES string of the molecule is CCCC(O)(CCC)c1c2c(nn1C)C(c1c(C)cc(C)cc1C)CCCC2. The number of aliphatic hydroxyl groups is 1. The molecule has 1 unspecified atom stereocenters. The van der Waals surface area contributed by atoms with Gasteiger partial charge in [0.1, 0.15) is 5.60 Å². The van der Waals surface area contributed by atoms with Crippen LogP contribution in [0.25, 0.3) is 0 Å². The highest BCUT2D eigenvalue weighted by molar-refractivity contribution is 5.46. The van der Waals surface area contributed by atoms with Crippen molar-refractivity contribution in [1.82, 2.24) is 9.78 Å². The van der Waals surface area contributed by atoms with Crippen LogP contribution in [-0.4, -0.2) is 14.9 Å². The van der Waals surface area contributed by atoms with Crippen LogP contribution in [0.3, 0.4) is 0 Å². The van der Waals surface area contributed by atoms with Gasteiger partial charge in [-0.25, -0.2) is 0 Å². The van der Waals surface area contributed by atoms with Crippen LogP contribution >= 0.6 is 0 Å². The van der Waals surface area contributed by atoms with Crippen LogP contribution in [0, 0.1) is 20.8 Å². The van der Waals surface area contributed by atoms with Crippen LogP contribution < -0.4 is 0 Å². The molecule has 1 aliphatic rings. The first-order valence-electron chi connectivity index (χ1n) is 11.2. The van der Waals surface area contributed by atoms with E-state index in [4.69, 9.17) is 5.10 Å². The molecule has 0 bridgehead atoms. The lowest BCUT2D eigenvalue weighted by atomic mass is 9.82. The summed E-state index contributed by atoms with van der Waals surface area (Å²) in [6, 6.07) is 4.61. The van der Waals surface area contributed by atoms with E-state index in [0.29, 0.717) is 5.92 Å². The van der Waals surface area contributed by atoms with Crippen molar-refractivity contribution in [3.63, 3.8) is 0 Å². The minimum absolute atomic E-state index is 0.338. The van der Waals surface area contributed by atoms with Gasteiger partial charge >= 0.3 is 0 Å². The molecule has 28 heavy (non-hydrogen) atoms. The Labute approximate surface area is 171 Å². The average Bonchev–Trinajstić information content (AvgIpc) is 2.81. The third-order valence-electron chi connectivity index (χ3n) is 6.53. The molecular weight excluding hydrogens is 344 g/mol. The van der Waals surface area contributed by atoms with Crippen molar-refractivity contribution in [2.75, 3.05) is 0 Å². The molecule has 2 aromatic rings. The highest BCUT2D eigenvalue weighted by atomic mass is 16.3. The average molecular weight is 383 g/mol. The van der Waals surface area contributed by atoms with E-state index in [0.717, 1.165) is 44.2 Å². The Morgan fingerprint density at radius 2 is 1.68 bits per heavy atom. The van der Waals surface area contributed by atoms with Crippen LogP contribution in [0.5, 0.6) is 0 Å². The number of aromatic nitrogens is 2. The second-order valence-electron chi connectivity index (χ2n) is 8.98. The summed E-state index contributed by atoms with van der Waals surface area (Å²) in [5.41, 5.74) is 8.40. The van der Waals surface area contributed by atoms with Crippen molar-refractivity contribution in [1.29, 1.82) is 0 Å². The van der Waals surface area contributed by atoms with Crippen molar-refractivity contribution >= 4 is 0 Å². The molecule has 0 fully saturated rings. The molecule has 1 N–H and O–H groups in total. The molecule has 1 atom stereocenters. The Kier molecular flexibility index (Phi) is 6.34. The lowest BCUT2D eigenvalue weighted by Gasteiger charge is -2.29. The minimum atomic E-state index is -0.759. The molecular formula is C25H38N2O. The number of fused-ring (bicyclic) bond motifs is 1. The fourth-order valence-electron chi connectivity index (χ4n) is 5.69. The lowest BCUT2D eigenvalue weighted by molar-refractivity contribution is 0.00830. The number of nitrogens with zero attached hydrogens (tertiary/aromatic N) is 2. The molecule has 3 nitrogen and oxygen atoms in total. The second-order valence-corrected chi connectivity index (χ2v) is 8.98. The van der Waals surface area contributed by atoms with Crippen molar-refractivity contribution in [3.05, 3.63) is 51.3 Å². The van der Waals surface area contributed by atoms with Crippen LogP contribution in [0.2, 0.25) is 0 Å². The van der Waals surface area contributed by atoms with Crippen LogP contribution in [0.4, 0.5) is 0 Å². The van der Waals surface area contributed by atoms with Gasteiger partial charge in [0.25, 0.3) is 0 Å². The molecule has 1 aromatic carbocycles. The van der Waals surface area contributed by atoms with Gasteiger partial charge in [0, 0.05) is 18.5 Å². The minimum Gasteiger partial charge on any atom is -0.384 e. The van der Waals surface area contributed by atoms with E-state index in [2.05, 4.69) is 46.8 Å². The van der Waals surface area contributed by atoms with Crippen LogP contribution in [0.1, 0.15) is 104 Å². The van der Waals surface area contributed by atoms with Gasteiger partial charge in [-0.05, 0) is 69.6 Å². The largest absolute Gasteiger partial charge is 0.384 e. The molecule has 3 rings (SSSR count). The van der Waals surface area contributed by atoms with Gasteiger partial charge < -0.3 is 5.11 Å². The number of aryl methyl sites for hydroxylation is 4. The molecule has 1 aliphatic carbocycles. The van der Waals surface area contributed by atoms with E-state index < -0.39 is 5.60 Å². The molecule has 1 heterocycles. The van der Waals surface area contributed by atoms with Gasteiger partial charge in [0.05, 0.1) is 11.4 Å². The summed E-state index contributed by atoms with van der Waals surface area (Å²) in [6.45, 7) is 11.0. The quantitative estimate of drug-likeness (QED) is 0.623. The van der Waals surface area contributed by atoms with Gasteiger partial charge in [-0.15, -0.1) is 0 Å². The monoisotopic (exact) mass is 382 g/mol. The lowest BCUT2D eigenvalue weighted by Crippen LogP contribution is -2.29. The zero-order valence-corrected chi connectivity index (χ0v) is 18.7. The molecule has 0 saturated heterocycles. The summed E-state index contributed by atoms with van der Waals surface area (Å²) in [4.78, 5) is 0. The Balaban J connectivity index is 2.18. The molecule has 154 valence electrons. The Hall–Kier alpha value is -1.61. The first kappa shape index (κ1) is 21.1. The van der Waals surface area contributed by atoms with Crippen LogP contribution in [0.15, 0.2) is 12.1 Å². The van der Waals surface area contributed by atoms with Crippen molar-refractivity contribution in [2.45, 2.75) is 97.5 Å². The standard InChI is InChI=1S/C25H38N2O/c1-7-13-25(28,14-8-2)24-21-12-10-9-11-20(23(21)26-27(24)6)22-18(4)15-17(3)16-19(22)5/h15-16,20,28H,7-14H2,1-6H3. The number of hydrogen-bond acceptors (Lipinski definition) is 2. The topological polar surface area (TPSA) is 38.1 Å². The highest BCUT2D eigenvalue weighted by Crippen LogP contribution is 2.43. The predicted molar refractivity (Wildman–Crippen MR) is 117 cm³/mol. The third-order valence-corrected chi connectivity index (χ3v) is 6.53. The van der Waals surface area contributed by atoms with E-state index in [1.165, 1.54) is 46.4 Å². The maximum atomic E-state index is 11.6. The van der Waals surface area contributed by atoms with Crippen molar-refractivity contribution in [2.24, 2.45) is 7.05 Å². The van der Waals surface area contributed by atoms with Crippen molar-refractivity contribution < 1.29 is 5.11 Å². The van der Waals surface area contributed by atoms with Gasteiger partial charge in [-0.2, -0.15) is 5.10 Å². The molecule has 1 aromatic heterocycles. The number of hydrogen-bond donors (Lipinski definition) is 1. The molecule has 0 spiro atoms. The summed E-state index contributed by atoms with van der Waals surface area (Å²) in [6.07, 6.45) is 8.16. The van der Waals surface area contributed by atoms with Gasteiger partial charge in [0.2, 0.25) is 0 Å². The van der Waals surface area contributed by atoms with E-state index >= 15 is 0 Å². The summed E-state index contributed by atoms with van der Waals surface area (Å²) < 4.78 is 2.01. The predicted octanol–water partition coefficient (Wildman–Crippen LogP) is 5.99. The normalized spacial score (nSPS) is 17.5. The van der Waals surface area contributed by atoms with Gasteiger partial charge in [-0.3, -0.25) is 4.68 Å². The Morgan fingerprint density at radius 1 is 1.07 bits per heavy atom. The maximum absolute atomic E-state index is 11.6. The molecule has 3 heteroatoms. The maximum Gasteiger partial charge on any atom is 0.106 e. The molecule has 0 amide bonds. The third kappa shape index (κ3) is 3.78. The van der Waals surface area contributed by atoms with Gasteiger partial charge in [-0.1, -0.05) is 50.8 Å². The zero-order chi connectivity index (χ0) is 20.5. The molecule has 0 aliphatic heterocycles. The van der Waals surface area contributed by atoms with E-state index in [9.17, 15) is 5.11 Å². The fraction of sp³-hybridized carbons (Fsp3) is 0.640. The summed E-state index contributed by atoms with van der Waals surface area (Å²) in [5.74, 6) is 0.338. The highest BCUT2D eigenvalue weighted by Gasteiger charge is 2.37. The van der Waals surface area contributed by atoms with Crippen molar-refractivity contribution in [3.8, 4) is 0 Å². The smallest absolute Gasteiger partial charge is 0.106 e. The van der Waals surface area contributed by atoms with Crippen LogP contribution in [-0.2, 0) is 19.1 Å². The first-order chi connectivity index (χ1) is 13.3. The zero-order valence-electron chi connectivity index (χ0n) is 18.7. The number of benzene rings is 1. The molecule has 0 saturated carbocycles. The van der Waals surface area contributed by atoms with Gasteiger partial charge in [0.15, 0.2) is 0 Å². The summed E-state index contributed by atoms with van der Waals surface area (Å²) >= 11 is 0. The van der Waals surface area contributed by atoms with E-state index in [1.54, 1.807) is 0 Å². The first-order valence-corrected chi connectivity index (χ1v) is 11.2. The summed E-state index contributed by atoms with van der Waals surface area (Å²) in [7, 11) is 2.03. The molecule has 0 radical (unpaired) electrons. The number of rotatable bonds is 6. The Morgan fingerprint density at radius 3 is 2.25 bits per heavy atom. The summed E-state index contributed by atoms with van der Waals surface area (Å²) in [5, 5.41) is 16.7. The van der Waals surface area contributed by atoms with E-state index in [1.807, 2.05) is 11.7 Å². The van der Waals surface area contributed by atoms with E-state index in [-0.39, 0.29) is 0 Å².